The maximum Gasteiger partial charge on any atom is 0.244 e. The third-order valence-electron chi connectivity index (χ3n) is 4.47. The van der Waals surface area contributed by atoms with Crippen LogP contribution in [0.1, 0.15) is 31.0 Å². The number of rotatable bonds is 7. The summed E-state index contributed by atoms with van der Waals surface area (Å²) in [6, 6.07) is 11.0. The topological polar surface area (TPSA) is 75.7 Å². The molecule has 0 radical (unpaired) electrons. The van der Waals surface area contributed by atoms with Gasteiger partial charge in [0.15, 0.2) is 0 Å². The number of carbonyl (C=O) groups excluding carboxylic acids is 1. The minimum Gasteiger partial charge on any atom is -0.497 e. The molecular weight excluding hydrogens is 400 g/mol. The van der Waals surface area contributed by atoms with Crippen LogP contribution >= 0.6 is 11.6 Å². The van der Waals surface area contributed by atoms with Gasteiger partial charge in [-0.05, 0) is 56.2 Å². The minimum absolute atomic E-state index is 0.302. The van der Waals surface area contributed by atoms with Crippen LogP contribution in [0.2, 0.25) is 5.02 Å². The molecule has 0 aliphatic carbocycles. The van der Waals surface area contributed by atoms with Crippen molar-refractivity contribution in [3.8, 4) is 5.75 Å². The molecule has 0 aliphatic heterocycles. The fourth-order valence-corrected chi connectivity index (χ4v) is 4.18. The molecule has 0 spiro atoms. The fraction of sp³-hybridized carbons (Fsp3) is 0.350. The van der Waals surface area contributed by atoms with E-state index in [4.69, 9.17) is 16.3 Å². The number of nitrogens with zero attached hydrogens (tertiary/aromatic N) is 1. The average Bonchev–Trinajstić information content (AvgIpc) is 2.63. The molecule has 6 nitrogen and oxygen atoms in total. The number of carbonyl (C=O) groups is 1. The van der Waals surface area contributed by atoms with Crippen LogP contribution in [0.5, 0.6) is 5.75 Å². The Morgan fingerprint density at radius 1 is 1.14 bits per heavy atom. The highest BCUT2D eigenvalue weighted by molar-refractivity contribution is 7.92. The molecule has 2 aromatic carbocycles. The minimum atomic E-state index is -3.70. The highest BCUT2D eigenvalue weighted by Crippen LogP contribution is 2.27. The highest BCUT2D eigenvalue weighted by atomic mass is 35.5. The number of aryl methyl sites for hydroxylation is 1. The van der Waals surface area contributed by atoms with E-state index >= 15 is 0 Å². The van der Waals surface area contributed by atoms with Crippen LogP contribution in [-0.4, -0.2) is 33.7 Å². The number of nitrogens with one attached hydrogen (secondary N) is 1. The summed E-state index contributed by atoms with van der Waals surface area (Å²) in [4.78, 5) is 12.8. The molecule has 0 aromatic heterocycles. The Morgan fingerprint density at radius 3 is 2.25 bits per heavy atom. The van der Waals surface area contributed by atoms with E-state index in [0.29, 0.717) is 10.7 Å². The van der Waals surface area contributed by atoms with Crippen LogP contribution < -0.4 is 14.4 Å². The Bertz CT molecular complexity index is 945. The van der Waals surface area contributed by atoms with Crippen molar-refractivity contribution in [2.24, 2.45) is 0 Å². The highest BCUT2D eigenvalue weighted by Gasteiger charge is 2.30. The Labute approximate surface area is 171 Å². The zero-order valence-electron chi connectivity index (χ0n) is 16.6. The smallest absolute Gasteiger partial charge is 0.244 e. The number of sulfonamides is 1. The van der Waals surface area contributed by atoms with Gasteiger partial charge in [-0.15, -0.1) is 0 Å². The number of methoxy groups -OCH3 is 1. The van der Waals surface area contributed by atoms with Gasteiger partial charge in [0.25, 0.3) is 0 Å². The molecule has 2 atom stereocenters. The van der Waals surface area contributed by atoms with Crippen molar-refractivity contribution < 1.29 is 17.9 Å². The van der Waals surface area contributed by atoms with Crippen molar-refractivity contribution in [3.05, 3.63) is 58.6 Å². The van der Waals surface area contributed by atoms with Crippen molar-refractivity contribution in [1.82, 2.24) is 5.32 Å². The van der Waals surface area contributed by atoms with Crippen LogP contribution in [0.3, 0.4) is 0 Å². The average molecular weight is 425 g/mol. The summed E-state index contributed by atoms with van der Waals surface area (Å²) in [6.07, 6.45) is 1.07. The molecule has 2 rings (SSSR count). The second-order valence-electron chi connectivity index (χ2n) is 6.67. The van der Waals surface area contributed by atoms with Crippen LogP contribution in [0, 0.1) is 6.92 Å². The molecule has 0 fully saturated rings. The van der Waals surface area contributed by atoms with E-state index in [2.05, 4.69) is 5.32 Å². The van der Waals surface area contributed by atoms with Gasteiger partial charge in [0.05, 0.1) is 25.1 Å². The molecule has 0 unspecified atom stereocenters. The number of hydrogen-bond donors (Lipinski definition) is 1. The third kappa shape index (κ3) is 5.17. The second kappa shape index (κ2) is 8.84. The Morgan fingerprint density at radius 2 is 1.75 bits per heavy atom. The monoisotopic (exact) mass is 424 g/mol. The molecule has 2 aromatic rings. The van der Waals surface area contributed by atoms with E-state index in [1.54, 1.807) is 44.4 Å². The summed E-state index contributed by atoms with van der Waals surface area (Å²) in [5.41, 5.74) is 2.05. The lowest BCUT2D eigenvalue weighted by Crippen LogP contribution is -2.48. The summed E-state index contributed by atoms with van der Waals surface area (Å²) in [5, 5.41) is 3.30. The van der Waals surface area contributed by atoms with Gasteiger partial charge >= 0.3 is 0 Å². The molecule has 0 heterocycles. The molecule has 1 amide bonds. The molecule has 0 saturated carbocycles. The van der Waals surface area contributed by atoms with E-state index in [1.165, 1.54) is 0 Å². The number of benzene rings is 2. The summed E-state index contributed by atoms with van der Waals surface area (Å²) >= 11 is 6.15. The number of halogens is 1. The van der Waals surface area contributed by atoms with E-state index in [0.717, 1.165) is 27.4 Å². The van der Waals surface area contributed by atoms with E-state index in [1.807, 2.05) is 26.0 Å². The number of anilines is 1. The predicted octanol–water partition coefficient (Wildman–Crippen LogP) is 3.69. The van der Waals surface area contributed by atoms with Gasteiger partial charge in [-0.25, -0.2) is 8.42 Å². The molecule has 28 heavy (non-hydrogen) atoms. The zero-order chi connectivity index (χ0) is 21.1. The largest absolute Gasteiger partial charge is 0.497 e. The molecule has 8 heteroatoms. The SMILES string of the molecule is COc1ccc([C@@H](C)NC(=O)[C@@H](C)N(c2ccc(C)c(Cl)c2)S(C)(=O)=O)cc1. The van der Waals surface area contributed by atoms with Crippen LogP contribution in [0.15, 0.2) is 42.5 Å². The van der Waals surface area contributed by atoms with E-state index in [9.17, 15) is 13.2 Å². The van der Waals surface area contributed by atoms with Crippen molar-refractivity contribution in [3.63, 3.8) is 0 Å². The number of hydrogen-bond acceptors (Lipinski definition) is 4. The lowest BCUT2D eigenvalue weighted by molar-refractivity contribution is -0.122. The molecule has 0 bridgehead atoms. The zero-order valence-corrected chi connectivity index (χ0v) is 18.1. The van der Waals surface area contributed by atoms with Crippen LogP contribution in [0.25, 0.3) is 0 Å². The summed E-state index contributed by atoms with van der Waals surface area (Å²) < 4.78 is 31.0. The molecule has 0 saturated heterocycles. The van der Waals surface area contributed by atoms with E-state index < -0.39 is 22.0 Å². The van der Waals surface area contributed by atoms with Crippen molar-refractivity contribution in [2.75, 3.05) is 17.7 Å². The van der Waals surface area contributed by atoms with Crippen molar-refractivity contribution in [2.45, 2.75) is 32.9 Å². The van der Waals surface area contributed by atoms with Gasteiger partial charge in [0.2, 0.25) is 15.9 Å². The first kappa shape index (κ1) is 22.0. The predicted molar refractivity (Wildman–Crippen MR) is 113 cm³/mol. The van der Waals surface area contributed by atoms with Gasteiger partial charge in [-0.3, -0.25) is 9.10 Å². The van der Waals surface area contributed by atoms with Crippen molar-refractivity contribution in [1.29, 1.82) is 0 Å². The lowest BCUT2D eigenvalue weighted by atomic mass is 10.1. The molecule has 0 aliphatic rings. The Hall–Kier alpha value is -2.25. The number of amides is 1. The standard InChI is InChI=1S/C20H25ClN2O4S/c1-13-6-9-17(12-19(13)21)23(28(5,25)26)15(3)20(24)22-14(2)16-7-10-18(27-4)11-8-16/h6-12,14-15H,1-5H3,(H,22,24)/t14-,15-/m1/s1. The quantitative estimate of drug-likeness (QED) is 0.735. The number of ether oxygens (including phenoxy) is 1. The van der Waals surface area contributed by atoms with Gasteiger partial charge in [-0.1, -0.05) is 29.8 Å². The van der Waals surface area contributed by atoms with Crippen LogP contribution in [0.4, 0.5) is 5.69 Å². The summed E-state index contributed by atoms with van der Waals surface area (Å²) in [5.74, 6) is 0.306. The third-order valence-corrected chi connectivity index (χ3v) is 6.12. The Balaban J connectivity index is 2.24. The van der Waals surface area contributed by atoms with Gasteiger partial charge in [-0.2, -0.15) is 0 Å². The first-order valence-electron chi connectivity index (χ1n) is 8.74. The Kier molecular flexibility index (Phi) is 6.96. The molecule has 1 N–H and O–H groups in total. The van der Waals surface area contributed by atoms with E-state index in [-0.39, 0.29) is 6.04 Å². The van der Waals surface area contributed by atoms with Crippen molar-refractivity contribution >= 4 is 33.2 Å². The normalized spacial score (nSPS) is 13.5. The maximum atomic E-state index is 12.8. The molecule has 152 valence electrons. The van der Waals surface area contributed by atoms with Gasteiger partial charge < -0.3 is 10.1 Å². The summed E-state index contributed by atoms with van der Waals surface area (Å²) in [7, 11) is -2.12. The van der Waals surface area contributed by atoms with Crippen LogP contribution in [-0.2, 0) is 14.8 Å². The first-order valence-corrected chi connectivity index (χ1v) is 11.0. The van der Waals surface area contributed by atoms with Gasteiger partial charge in [0, 0.05) is 5.02 Å². The maximum absolute atomic E-state index is 12.8. The first-order chi connectivity index (χ1) is 13.0. The summed E-state index contributed by atoms with van der Waals surface area (Å²) in [6.45, 7) is 5.20. The fourth-order valence-electron chi connectivity index (χ4n) is 2.84. The van der Waals surface area contributed by atoms with Gasteiger partial charge in [0.1, 0.15) is 11.8 Å². The lowest BCUT2D eigenvalue weighted by Gasteiger charge is -2.29. The second-order valence-corrected chi connectivity index (χ2v) is 8.94. The molecular formula is C20H25ClN2O4S.